The van der Waals surface area contributed by atoms with E-state index in [-0.39, 0.29) is 0 Å². The highest BCUT2D eigenvalue weighted by atomic mass is 35.5. The highest BCUT2D eigenvalue weighted by molar-refractivity contribution is 7.99. The first kappa shape index (κ1) is 11.3. The van der Waals surface area contributed by atoms with Gasteiger partial charge in [0, 0.05) is 18.7 Å². The Hall–Kier alpha value is -1.20. The van der Waals surface area contributed by atoms with Crippen molar-refractivity contribution >= 4 is 23.4 Å². The second kappa shape index (κ2) is 5.23. The molecule has 0 aromatic carbocycles. The summed E-state index contributed by atoms with van der Waals surface area (Å²) >= 11 is 7.34. The molecule has 0 fully saturated rings. The van der Waals surface area contributed by atoms with Crippen molar-refractivity contribution in [3.8, 4) is 0 Å². The Labute approximate surface area is 103 Å². The maximum atomic E-state index is 5.90. The zero-order valence-electron chi connectivity index (χ0n) is 8.59. The van der Waals surface area contributed by atoms with Gasteiger partial charge in [-0.25, -0.2) is 19.9 Å². The summed E-state index contributed by atoms with van der Waals surface area (Å²) in [7, 11) is 0. The minimum atomic E-state index is 0.461. The van der Waals surface area contributed by atoms with Crippen LogP contribution < -0.4 is 0 Å². The lowest BCUT2D eigenvalue weighted by atomic mass is 10.4. The van der Waals surface area contributed by atoms with Crippen LogP contribution in [0, 0.1) is 0 Å². The number of hydrogen-bond acceptors (Lipinski definition) is 5. The first-order valence-electron chi connectivity index (χ1n) is 4.75. The first-order valence-corrected chi connectivity index (χ1v) is 5.94. The van der Waals surface area contributed by atoms with Crippen molar-refractivity contribution in [3.63, 3.8) is 0 Å². The molecule has 2 aromatic heterocycles. The lowest BCUT2D eigenvalue weighted by Crippen LogP contribution is -1.94. The third-order valence-electron chi connectivity index (χ3n) is 1.80. The zero-order valence-corrected chi connectivity index (χ0v) is 10.2. The van der Waals surface area contributed by atoms with Crippen LogP contribution in [0.25, 0.3) is 0 Å². The molecule has 0 aliphatic rings. The average molecular weight is 253 g/mol. The number of rotatable bonds is 3. The minimum Gasteiger partial charge on any atom is -0.245 e. The van der Waals surface area contributed by atoms with Gasteiger partial charge < -0.3 is 0 Å². The Morgan fingerprint density at radius 2 is 2.19 bits per heavy atom. The fourth-order valence-electron chi connectivity index (χ4n) is 1.10. The number of aryl methyl sites for hydroxylation is 1. The molecule has 0 N–H and O–H groups in total. The summed E-state index contributed by atoms with van der Waals surface area (Å²) in [4.78, 5) is 16.4. The third-order valence-corrected chi connectivity index (χ3v) is 2.86. The quantitative estimate of drug-likeness (QED) is 0.786. The van der Waals surface area contributed by atoms with E-state index in [1.165, 1.54) is 18.1 Å². The maximum absolute atomic E-state index is 5.90. The molecule has 0 saturated carbocycles. The predicted octanol–water partition coefficient (Wildman–Crippen LogP) is 2.63. The molecule has 82 valence electrons. The molecule has 0 atom stereocenters. The normalized spacial score (nSPS) is 10.4. The number of halogens is 1. The number of hydrogen-bond donors (Lipinski definition) is 0. The molecule has 4 nitrogen and oxygen atoms in total. The molecular weight excluding hydrogens is 244 g/mol. The van der Waals surface area contributed by atoms with E-state index in [0.29, 0.717) is 5.15 Å². The van der Waals surface area contributed by atoms with Crippen molar-refractivity contribution in [1.29, 1.82) is 0 Å². The Bertz CT molecular complexity index is 478. The Balaban J connectivity index is 2.24. The van der Waals surface area contributed by atoms with E-state index in [2.05, 4.69) is 19.9 Å². The maximum Gasteiger partial charge on any atom is 0.133 e. The summed E-state index contributed by atoms with van der Waals surface area (Å²) < 4.78 is 0. The number of nitrogens with zero attached hydrogens (tertiary/aromatic N) is 4. The van der Waals surface area contributed by atoms with E-state index in [1.807, 2.05) is 13.0 Å². The molecule has 0 bridgehead atoms. The van der Waals surface area contributed by atoms with Crippen LogP contribution >= 0.6 is 23.4 Å². The van der Waals surface area contributed by atoms with Gasteiger partial charge in [0.2, 0.25) is 0 Å². The van der Waals surface area contributed by atoms with Crippen LogP contribution in [0.3, 0.4) is 0 Å². The van der Waals surface area contributed by atoms with E-state index in [0.717, 1.165) is 22.3 Å². The molecule has 2 heterocycles. The molecule has 0 aliphatic carbocycles. The van der Waals surface area contributed by atoms with Crippen LogP contribution in [-0.2, 0) is 6.42 Å². The monoisotopic (exact) mass is 252 g/mol. The Morgan fingerprint density at radius 1 is 1.31 bits per heavy atom. The van der Waals surface area contributed by atoms with E-state index in [1.54, 1.807) is 12.3 Å². The van der Waals surface area contributed by atoms with Gasteiger partial charge in [0.1, 0.15) is 27.4 Å². The molecule has 2 aromatic rings. The Kier molecular flexibility index (Phi) is 3.69. The van der Waals surface area contributed by atoms with Crippen LogP contribution in [0.4, 0.5) is 0 Å². The van der Waals surface area contributed by atoms with E-state index >= 15 is 0 Å². The molecule has 0 amide bonds. The summed E-state index contributed by atoms with van der Waals surface area (Å²) in [5.74, 6) is 0.740. The van der Waals surface area contributed by atoms with Crippen LogP contribution in [-0.4, -0.2) is 19.9 Å². The molecule has 0 saturated heterocycles. The van der Waals surface area contributed by atoms with Crippen molar-refractivity contribution < 1.29 is 0 Å². The van der Waals surface area contributed by atoms with E-state index < -0.39 is 0 Å². The SMILES string of the molecule is CCc1nc(Cl)cc(Sc2ccncn2)n1. The van der Waals surface area contributed by atoms with Crippen LogP contribution in [0.1, 0.15) is 12.7 Å². The lowest BCUT2D eigenvalue weighted by molar-refractivity contribution is 0.887. The minimum absolute atomic E-state index is 0.461. The summed E-state index contributed by atoms with van der Waals surface area (Å²) in [5.41, 5.74) is 0. The van der Waals surface area contributed by atoms with E-state index in [9.17, 15) is 0 Å². The molecule has 0 aliphatic heterocycles. The van der Waals surface area contributed by atoms with E-state index in [4.69, 9.17) is 11.6 Å². The smallest absolute Gasteiger partial charge is 0.133 e. The van der Waals surface area contributed by atoms with Crippen molar-refractivity contribution in [3.05, 3.63) is 35.6 Å². The molecule has 2 rings (SSSR count). The molecule has 6 heteroatoms. The fourth-order valence-corrected chi connectivity index (χ4v) is 2.13. The lowest BCUT2D eigenvalue weighted by Gasteiger charge is -2.02. The predicted molar refractivity (Wildman–Crippen MR) is 62.6 cm³/mol. The zero-order chi connectivity index (χ0) is 11.4. The second-order valence-electron chi connectivity index (χ2n) is 2.95. The molecular formula is C10H9ClN4S. The van der Waals surface area contributed by atoms with Gasteiger partial charge in [0.15, 0.2) is 0 Å². The van der Waals surface area contributed by atoms with Gasteiger partial charge in [-0.15, -0.1) is 0 Å². The van der Waals surface area contributed by atoms with Crippen LogP contribution in [0.15, 0.2) is 34.7 Å². The van der Waals surface area contributed by atoms with Crippen molar-refractivity contribution in [2.24, 2.45) is 0 Å². The van der Waals surface area contributed by atoms with Crippen molar-refractivity contribution in [1.82, 2.24) is 19.9 Å². The molecule has 0 spiro atoms. The van der Waals surface area contributed by atoms with Gasteiger partial charge in [-0.1, -0.05) is 18.5 Å². The van der Waals surface area contributed by atoms with Gasteiger partial charge in [0.05, 0.1) is 0 Å². The largest absolute Gasteiger partial charge is 0.245 e. The van der Waals surface area contributed by atoms with Crippen molar-refractivity contribution in [2.45, 2.75) is 23.4 Å². The van der Waals surface area contributed by atoms with Gasteiger partial charge in [-0.2, -0.15) is 0 Å². The third kappa shape index (κ3) is 2.90. The average Bonchev–Trinajstić information content (AvgIpc) is 2.29. The second-order valence-corrected chi connectivity index (χ2v) is 4.38. The van der Waals surface area contributed by atoms with Gasteiger partial charge >= 0.3 is 0 Å². The fraction of sp³-hybridized carbons (Fsp3) is 0.200. The molecule has 16 heavy (non-hydrogen) atoms. The summed E-state index contributed by atoms with van der Waals surface area (Å²) in [6.45, 7) is 1.99. The number of aromatic nitrogens is 4. The highest BCUT2D eigenvalue weighted by Gasteiger charge is 2.04. The summed E-state index contributed by atoms with van der Waals surface area (Å²) in [6, 6.07) is 3.56. The van der Waals surface area contributed by atoms with Crippen LogP contribution in [0.2, 0.25) is 5.15 Å². The molecule has 0 unspecified atom stereocenters. The van der Waals surface area contributed by atoms with Crippen LogP contribution in [0.5, 0.6) is 0 Å². The van der Waals surface area contributed by atoms with Gasteiger partial charge in [-0.3, -0.25) is 0 Å². The standard InChI is InChI=1S/C10H9ClN4S/c1-2-8-14-7(11)5-10(15-8)16-9-3-4-12-6-13-9/h3-6H,2H2,1H3. The molecule has 0 radical (unpaired) electrons. The topological polar surface area (TPSA) is 51.6 Å². The first-order chi connectivity index (χ1) is 7.78. The summed E-state index contributed by atoms with van der Waals surface area (Å²) in [6.07, 6.45) is 3.96. The summed E-state index contributed by atoms with van der Waals surface area (Å²) in [5, 5.41) is 2.10. The van der Waals surface area contributed by atoms with Crippen molar-refractivity contribution in [2.75, 3.05) is 0 Å². The van der Waals surface area contributed by atoms with Gasteiger partial charge in [0.25, 0.3) is 0 Å². The highest BCUT2D eigenvalue weighted by Crippen LogP contribution is 2.25. The Morgan fingerprint density at radius 3 is 2.88 bits per heavy atom. The van der Waals surface area contributed by atoms with Gasteiger partial charge in [-0.05, 0) is 17.8 Å².